The minimum atomic E-state index is -3.79. The van der Waals surface area contributed by atoms with Crippen LogP contribution in [0.2, 0.25) is 0 Å². The fraction of sp³-hybridized carbons (Fsp3) is 0.867. The Morgan fingerprint density at radius 3 is 2.10 bits per heavy atom. The molecule has 1 N–H and O–H groups in total. The van der Waals surface area contributed by atoms with Crippen LogP contribution in [0.1, 0.15) is 71.6 Å². The predicted octanol–water partition coefficient (Wildman–Crippen LogP) is 3.24. The second kappa shape index (κ2) is 10.6. The van der Waals surface area contributed by atoms with Crippen LogP contribution in [0.4, 0.5) is 0 Å². The second-order valence-electron chi connectivity index (χ2n) is 5.36. The average Bonchev–Trinajstić information content (AvgIpc) is 2.47. The molecule has 0 radical (unpaired) electrons. The maximum absolute atomic E-state index is 12.3. The summed E-state index contributed by atoms with van der Waals surface area (Å²) in [5.41, 5.74) is 0. The van der Waals surface area contributed by atoms with E-state index in [4.69, 9.17) is 5.26 Å². The summed E-state index contributed by atoms with van der Waals surface area (Å²) >= 11 is 0. The molecule has 21 heavy (non-hydrogen) atoms. The van der Waals surface area contributed by atoms with Gasteiger partial charge in [0.1, 0.15) is 0 Å². The van der Waals surface area contributed by atoms with Gasteiger partial charge in [-0.15, -0.1) is 0 Å². The van der Waals surface area contributed by atoms with Crippen molar-refractivity contribution in [2.45, 2.75) is 76.4 Å². The lowest BCUT2D eigenvalue weighted by Crippen LogP contribution is -2.45. The molecule has 120 valence electrons. The molecule has 0 heterocycles. The zero-order chi connectivity index (χ0) is 16.2. The van der Waals surface area contributed by atoms with Gasteiger partial charge in [-0.25, -0.2) is 8.42 Å². The average molecular weight is 313 g/mol. The summed E-state index contributed by atoms with van der Waals surface area (Å²) in [5, 5.41) is 18.0. The fourth-order valence-electron chi connectivity index (χ4n) is 2.43. The first-order chi connectivity index (χ1) is 9.99. The van der Waals surface area contributed by atoms with E-state index < -0.39 is 14.8 Å². The summed E-state index contributed by atoms with van der Waals surface area (Å²) in [6.45, 7) is 3.73. The van der Waals surface area contributed by atoms with E-state index in [2.05, 4.69) is 11.6 Å². The highest BCUT2D eigenvalue weighted by molar-refractivity contribution is 7.91. The summed E-state index contributed by atoms with van der Waals surface area (Å²) in [5.74, 6) is 0. The Morgan fingerprint density at radius 2 is 1.57 bits per heavy atom. The van der Waals surface area contributed by atoms with Gasteiger partial charge >= 0.3 is 0 Å². The van der Waals surface area contributed by atoms with Crippen molar-refractivity contribution in [1.29, 1.82) is 10.5 Å². The highest BCUT2D eigenvalue weighted by Crippen LogP contribution is 2.29. The first-order valence-corrected chi connectivity index (χ1v) is 9.25. The molecule has 0 bridgehead atoms. The third-order valence-corrected chi connectivity index (χ3v) is 5.70. The van der Waals surface area contributed by atoms with E-state index >= 15 is 0 Å². The molecule has 0 aromatic carbocycles. The monoisotopic (exact) mass is 313 g/mol. The normalized spacial score (nSPS) is 14.1. The van der Waals surface area contributed by atoms with Gasteiger partial charge in [0, 0.05) is 0 Å². The number of nitriles is 2. The van der Waals surface area contributed by atoms with Crippen LogP contribution in [0.15, 0.2) is 0 Å². The van der Waals surface area contributed by atoms with E-state index in [0.717, 1.165) is 25.7 Å². The Labute approximate surface area is 129 Å². The van der Waals surface area contributed by atoms with E-state index in [0.29, 0.717) is 19.3 Å². The molecular formula is C15H27N3O2S. The third kappa shape index (κ3) is 6.46. The van der Waals surface area contributed by atoms with Gasteiger partial charge < -0.3 is 0 Å². The number of rotatable bonds is 12. The van der Waals surface area contributed by atoms with Crippen molar-refractivity contribution in [3.05, 3.63) is 0 Å². The van der Waals surface area contributed by atoms with Crippen molar-refractivity contribution in [3.63, 3.8) is 0 Å². The molecule has 1 atom stereocenters. The maximum Gasteiger partial charge on any atom is 0.231 e. The first kappa shape index (κ1) is 19.9. The number of hydrogen-bond acceptors (Lipinski definition) is 4. The van der Waals surface area contributed by atoms with Crippen LogP contribution in [0.5, 0.6) is 0 Å². The zero-order valence-electron chi connectivity index (χ0n) is 13.2. The summed E-state index contributed by atoms with van der Waals surface area (Å²) in [7, 11) is -3.79. The molecule has 0 aliphatic heterocycles. The quantitative estimate of drug-likeness (QED) is 0.442. The van der Waals surface area contributed by atoms with Crippen molar-refractivity contribution in [2.24, 2.45) is 0 Å². The van der Waals surface area contributed by atoms with Gasteiger partial charge in [0.05, 0.1) is 18.7 Å². The number of nitrogens with zero attached hydrogens (tertiary/aromatic N) is 2. The molecule has 5 nitrogen and oxygen atoms in total. The topological polar surface area (TPSA) is 93.8 Å². The van der Waals surface area contributed by atoms with Gasteiger partial charge in [-0.3, -0.25) is 0 Å². The summed E-state index contributed by atoms with van der Waals surface area (Å²) in [6, 6.07) is 3.76. The van der Waals surface area contributed by atoms with Crippen molar-refractivity contribution in [2.75, 3.05) is 6.54 Å². The van der Waals surface area contributed by atoms with Crippen molar-refractivity contribution in [1.82, 2.24) is 4.72 Å². The summed E-state index contributed by atoms with van der Waals surface area (Å²) in [6.07, 6.45) is 7.53. The predicted molar refractivity (Wildman–Crippen MR) is 83.8 cm³/mol. The minimum Gasteiger partial charge on any atom is -0.211 e. The molecule has 0 aromatic rings. The highest BCUT2D eigenvalue weighted by Gasteiger charge is 2.42. The van der Waals surface area contributed by atoms with Crippen LogP contribution in [0.3, 0.4) is 0 Å². The molecule has 0 amide bonds. The van der Waals surface area contributed by atoms with Crippen LogP contribution in [0.25, 0.3) is 0 Å². The number of nitrogens with one attached hydrogen (secondary N) is 1. The lowest BCUT2D eigenvalue weighted by atomic mass is 9.96. The Balaban J connectivity index is 4.71. The SMILES string of the molecule is CCCCCCCCC(C#N)(CCC)S(=O)(=O)NCC#N. The molecule has 6 heteroatoms. The second-order valence-corrected chi connectivity index (χ2v) is 7.43. The van der Waals surface area contributed by atoms with Gasteiger partial charge in [0.25, 0.3) is 0 Å². The Morgan fingerprint density at radius 1 is 0.952 bits per heavy atom. The van der Waals surface area contributed by atoms with Gasteiger partial charge in [-0.1, -0.05) is 58.8 Å². The molecule has 0 aliphatic rings. The number of sulfonamides is 1. The van der Waals surface area contributed by atoms with Crippen LogP contribution in [-0.2, 0) is 10.0 Å². The number of hydrogen-bond donors (Lipinski definition) is 1. The Kier molecular flexibility index (Phi) is 10.0. The van der Waals surface area contributed by atoms with Gasteiger partial charge in [-0.2, -0.15) is 15.2 Å². The molecule has 0 fully saturated rings. The van der Waals surface area contributed by atoms with Crippen LogP contribution < -0.4 is 4.72 Å². The number of unbranched alkanes of at least 4 members (excludes halogenated alkanes) is 5. The van der Waals surface area contributed by atoms with Gasteiger partial charge in [0.15, 0.2) is 4.75 Å². The molecule has 0 aliphatic carbocycles. The molecule has 0 saturated heterocycles. The smallest absolute Gasteiger partial charge is 0.211 e. The van der Waals surface area contributed by atoms with Crippen LogP contribution >= 0.6 is 0 Å². The van der Waals surface area contributed by atoms with Gasteiger partial charge in [0.2, 0.25) is 10.0 Å². The highest BCUT2D eigenvalue weighted by atomic mass is 32.2. The standard InChI is InChI=1S/C15H27N3O2S/c1-3-5-6-7-8-9-11-15(14-17,10-4-2)21(19,20)18-13-12-16/h18H,3-11,13H2,1-2H3. The van der Waals surface area contributed by atoms with E-state index in [1.807, 2.05) is 13.0 Å². The summed E-state index contributed by atoms with van der Waals surface area (Å²) in [4.78, 5) is 0. The minimum absolute atomic E-state index is 0.286. The molecule has 0 saturated carbocycles. The van der Waals surface area contributed by atoms with Crippen LogP contribution in [-0.4, -0.2) is 19.7 Å². The first-order valence-electron chi connectivity index (χ1n) is 7.77. The Bertz CT molecular complexity index is 462. The maximum atomic E-state index is 12.3. The lowest BCUT2D eigenvalue weighted by Gasteiger charge is -2.25. The molecule has 0 spiro atoms. The molecular weight excluding hydrogens is 286 g/mol. The van der Waals surface area contributed by atoms with E-state index in [9.17, 15) is 13.7 Å². The van der Waals surface area contributed by atoms with E-state index in [1.165, 1.54) is 12.8 Å². The third-order valence-electron chi connectivity index (χ3n) is 3.65. The van der Waals surface area contributed by atoms with Crippen molar-refractivity contribution >= 4 is 10.0 Å². The van der Waals surface area contributed by atoms with Crippen LogP contribution in [0, 0.1) is 22.7 Å². The molecule has 0 rings (SSSR count). The fourth-order valence-corrected chi connectivity index (χ4v) is 3.96. The van der Waals surface area contributed by atoms with Crippen molar-refractivity contribution in [3.8, 4) is 12.1 Å². The molecule has 1 unspecified atom stereocenters. The van der Waals surface area contributed by atoms with E-state index in [-0.39, 0.29) is 6.54 Å². The van der Waals surface area contributed by atoms with E-state index in [1.54, 1.807) is 6.07 Å². The Hall–Kier alpha value is -1.11. The summed E-state index contributed by atoms with van der Waals surface area (Å²) < 4.78 is 25.5. The van der Waals surface area contributed by atoms with Crippen molar-refractivity contribution < 1.29 is 8.42 Å². The van der Waals surface area contributed by atoms with Gasteiger partial charge in [-0.05, 0) is 12.8 Å². The molecule has 0 aromatic heterocycles. The largest absolute Gasteiger partial charge is 0.231 e. The lowest BCUT2D eigenvalue weighted by molar-refractivity contribution is 0.479. The zero-order valence-corrected chi connectivity index (χ0v) is 14.0.